The van der Waals surface area contributed by atoms with Crippen molar-refractivity contribution in [2.45, 2.75) is 65.0 Å². The zero-order valence-electron chi connectivity index (χ0n) is 14.6. The van der Waals surface area contributed by atoms with E-state index in [1.807, 2.05) is 15.4 Å². The molecule has 0 radical (unpaired) electrons. The van der Waals surface area contributed by atoms with Crippen molar-refractivity contribution >= 4 is 21.4 Å². The van der Waals surface area contributed by atoms with E-state index in [1.165, 1.54) is 0 Å². The Hall–Kier alpha value is -1.96. The van der Waals surface area contributed by atoms with E-state index >= 15 is 0 Å². The molecule has 128 valence electrons. The van der Waals surface area contributed by atoms with Gasteiger partial charge in [-0.3, -0.25) is 0 Å². The fourth-order valence-electron chi connectivity index (χ4n) is 2.92. The molecule has 8 heteroatoms. The molecule has 0 amide bonds. The molecule has 3 aromatic rings. The zero-order chi connectivity index (χ0) is 16.9. The largest absolute Gasteiger partial charge is 0.355 e. The number of aromatic nitrogens is 6. The molecule has 1 aliphatic heterocycles. The number of hydrogen-bond donors (Lipinski definition) is 1. The molecule has 0 aliphatic carbocycles. The van der Waals surface area contributed by atoms with Crippen molar-refractivity contribution in [3.63, 3.8) is 0 Å². The van der Waals surface area contributed by atoms with Crippen LogP contribution in [0.5, 0.6) is 0 Å². The lowest BCUT2D eigenvalue weighted by Crippen LogP contribution is -2.32. The second-order valence-electron chi connectivity index (χ2n) is 7.37. The Labute approximate surface area is 145 Å². The predicted octanol–water partition coefficient (Wildman–Crippen LogP) is 2.67. The number of nitrogens with zero attached hydrogens (tertiary/aromatic N) is 6. The summed E-state index contributed by atoms with van der Waals surface area (Å²) < 4.78 is 3.92. The minimum atomic E-state index is 0.0465. The molecular formula is C16H23N7S. The van der Waals surface area contributed by atoms with E-state index in [2.05, 4.69) is 48.2 Å². The van der Waals surface area contributed by atoms with Gasteiger partial charge in [-0.25, -0.2) is 19.2 Å². The molecule has 0 saturated heterocycles. The summed E-state index contributed by atoms with van der Waals surface area (Å²) >= 11 is 1.60. The number of rotatable bonds is 3. The summed E-state index contributed by atoms with van der Waals surface area (Å²) in [4.78, 5) is 10.2. The van der Waals surface area contributed by atoms with Gasteiger partial charge in [0.15, 0.2) is 5.82 Å². The summed E-state index contributed by atoms with van der Waals surface area (Å²) in [6.07, 6.45) is 4.93. The predicted molar refractivity (Wildman–Crippen MR) is 94.7 cm³/mol. The highest BCUT2D eigenvalue weighted by Crippen LogP contribution is 2.27. The monoisotopic (exact) mass is 345 g/mol. The molecule has 4 rings (SSSR count). The fourth-order valence-corrected chi connectivity index (χ4v) is 3.78. The van der Waals surface area contributed by atoms with E-state index in [-0.39, 0.29) is 5.41 Å². The van der Waals surface area contributed by atoms with Crippen molar-refractivity contribution in [1.82, 2.24) is 29.4 Å². The average Bonchev–Trinajstić information content (AvgIpc) is 3.17. The second-order valence-corrected chi connectivity index (χ2v) is 8.33. The van der Waals surface area contributed by atoms with E-state index in [1.54, 1.807) is 11.3 Å². The van der Waals surface area contributed by atoms with Gasteiger partial charge >= 0.3 is 0 Å². The summed E-state index contributed by atoms with van der Waals surface area (Å²) in [5.41, 5.74) is 1.12. The number of hydrogen-bond acceptors (Lipinski definition) is 6. The Morgan fingerprint density at radius 1 is 1.29 bits per heavy atom. The first kappa shape index (κ1) is 15.6. The molecule has 0 bridgehead atoms. The van der Waals surface area contributed by atoms with Crippen molar-refractivity contribution in [3.8, 4) is 0 Å². The van der Waals surface area contributed by atoms with Gasteiger partial charge in [0.25, 0.3) is 0 Å². The Kier molecular flexibility index (Phi) is 3.59. The van der Waals surface area contributed by atoms with Gasteiger partial charge in [0.1, 0.15) is 5.82 Å². The Balaban J connectivity index is 1.49. The summed E-state index contributed by atoms with van der Waals surface area (Å²) in [5.74, 6) is 2.04. The smallest absolute Gasteiger partial charge is 0.214 e. The first-order valence-electron chi connectivity index (χ1n) is 8.48. The van der Waals surface area contributed by atoms with Gasteiger partial charge in [-0.2, -0.15) is 5.10 Å². The van der Waals surface area contributed by atoms with Crippen LogP contribution in [0.3, 0.4) is 0 Å². The summed E-state index contributed by atoms with van der Waals surface area (Å²) in [6.45, 7) is 9.44. The third kappa shape index (κ3) is 2.79. The van der Waals surface area contributed by atoms with Crippen LogP contribution in [0.15, 0.2) is 6.20 Å². The molecule has 4 heterocycles. The molecule has 24 heavy (non-hydrogen) atoms. The molecule has 0 fully saturated rings. The molecule has 3 aromatic heterocycles. The van der Waals surface area contributed by atoms with Crippen molar-refractivity contribution in [3.05, 3.63) is 23.5 Å². The highest BCUT2D eigenvalue weighted by Gasteiger charge is 2.23. The third-order valence-electron chi connectivity index (χ3n) is 4.36. The molecule has 1 atom stereocenters. The first-order chi connectivity index (χ1) is 11.4. The molecule has 0 aromatic carbocycles. The van der Waals surface area contributed by atoms with Crippen LogP contribution >= 0.6 is 11.3 Å². The third-order valence-corrected chi connectivity index (χ3v) is 5.21. The number of anilines is 1. The average molecular weight is 345 g/mol. The van der Waals surface area contributed by atoms with E-state index in [0.717, 1.165) is 53.2 Å². The summed E-state index contributed by atoms with van der Waals surface area (Å²) in [5, 5.41) is 13.7. The van der Waals surface area contributed by atoms with Crippen molar-refractivity contribution < 1.29 is 0 Å². The Morgan fingerprint density at radius 3 is 2.83 bits per heavy atom. The lowest BCUT2D eigenvalue weighted by molar-refractivity contribution is 0.440. The molecule has 0 spiro atoms. The normalized spacial score (nSPS) is 18.1. The van der Waals surface area contributed by atoms with Crippen LogP contribution in [-0.2, 0) is 24.8 Å². The minimum absolute atomic E-state index is 0.0465. The van der Waals surface area contributed by atoms with E-state index in [4.69, 9.17) is 4.98 Å². The van der Waals surface area contributed by atoms with Gasteiger partial charge in [0.2, 0.25) is 10.1 Å². The summed E-state index contributed by atoms with van der Waals surface area (Å²) in [6, 6.07) is 0.335. The maximum atomic E-state index is 4.70. The van der Waals surface area contributed by atoms with Crippen molar-refractivity contribution in [1.29, 1.82) is 0 Å². The van der Waals surface area contributed by atoms with Gasteiger partial charge in [-0.05, 0) is 6.42 Å². The van der Waals surface area contributed by atoms with Crippen LogP contribution < -0.4 is 5.32 Å². The van der Waals surface area contributed by atoms with Crippen LogP contribution in [0.25, 0.3) is 4.96 Å². The summed E-state index contributed by atoms with van der Waals surface area (Å²) in [7, 11) is 0. The topological polar surface area (TPSA) is 72.9 Å². The lowest BCUT2D eigenvalue weighted by atomic mass is 9.93. The first-order valence-corrected chi connectivity index (χ1v) is 9.30. The van der Waals surface area contributed by atoms with Gasteiger partial charge in [0, 0.05) is 24.3 Å². The zero-order valence-corrected chi connectivity index (χ0v) is 15.4. The second kappa shape index (κ2) is 5.54. The van der Waals surface area contributed by atoms with E-state index in [9.17, 15) is 0 Å². The van der Waals surface area contributed by atoms with Crippen LogP contribution in [0, 0.1) is 0 Å². The number of imidazole rings is 1. The van der Waals surface area contributed by atoms with Crippen LogP contribution in [0.1, 0.15) is 51.5 Å². The molecule has 1 N–H and O–H groups in total. The van der Waals surface area contributed by atoms with Gasteiger partial charge in [-0.1, -0.05) is 39.0 Å². The van der Waals surface area contributed by atoms with Crippen LogP contribution in [0.4, 0.5) is 5.13 Å². The van der Waals surface area contributed by atoms with Crippen molar-refractivity contribution in [2.24, 2.45) is 0 Å². The Morgan fingerprint density at radius 2 is 2.12 bits per heavy atom. The standard InChI is InChI=1S/C16H23N7S/c1-5-12-19-13-7-6-10(8-22(13)20-12)17-14-21-23-9-11(16(2,3)4)18-15(23)24-14/h9-10H,5-8H2,1-4H3,(H,17,21). The van der Waals surface area contributed by atoms with Crippen LogP contribution in [-0.4, -0.2) is 35.4 Å². The highest BCUT2D eigenvalue weighted by atomic mass is 32.1. The highest BCUT2D eigenvalue weighted by molar-refractivity contribution is 7.20. The fraction of sp³-hybridized carbons (Fsp3) is 0.625. The SMILES string of the molecule is CCc1nc2n(n1)CC(Nc1nn3cc(C(C)(C)C)nc3s1)CC2. The number of aryl methyl sites for hydroxylation is 2. The van der Waals surface area contributed by atoms with Crippen LogP contribution in [0.2, 0.25) is 0 Å². The minimum Gasteiger partial charge on any atom is -0.355 e. The van der Waals surface area contributed by atoms with Crippen molar-refractivity contribution in [2.75, 3.05) is 5.32 Å². The molecular weight excluding hydrogens is 322 g/mol. The van der Waals surface area contributed by atoms with Gasteiger partial charge in [0.05, 0.1) is 18.4 Å². The van der Waals surface area contributed by atoms with E-state index < -0.39 is 0 Å². The number of fused-ring (bicyclic) bond motifs is 2. The maximum absolute atomic E-state index is 4.70. The van der Waals surface area contributed by atoms with E-state index in [0.29, 0.717) is 6.04 Å². The molecule has 7 nitrogen and oxygen atoms in total. The Bertz CT molecular complexity index is 835. The molecule has 1 aliphatic rings. The maximum Gasteiger partial charge on any atom is 0.214 e. The molecule has 0 saturated carbocycles. The lowest BCUT2D eigenvalue weighted by Gasteiger charge is -2.22. The quantitative estimate of drug-likeness (QED) is 0.790. The molecule has 1 unspecified atom stereocenters. The number of nitrogens with one attached hydrogen (secondary N) is 1. The van der Waals surface area contributed by atoms with Gasteiger partial charge < -0.3 is 5.32 Å². The van der Waals surface area contributed by atoms with Gasteiger partial charge in [-0.15, -0.1) is 5.10 Å².